The molecule has 3 aliphatic rings. The Morgan fingerprint density at radius 3 is 2.57 bits per heavy atom. The van der Waals surface area contributed by atoms with E-state index in [0.717, 1.165) is 47.6 Å². The fourth-order valence-electron chi connectivity index (χ4n) is 7.85. The van der Waals surface area contributed by atoms with Crippen molar-refractivity contribution in [3.8, 4) is 11.6 Å². The second-order valence-electron chi connectivity index (χ2n) is 14.8. The number of unbranched alkanes of at least 4 members (excludes halogenated alkanes) is 1. The van der Waals surface area contributed by atoms with E-state index in [2.05, 4.69) is 27.1 Å². The number of imide groups is 2. The molecule has 0 radical (unpaired) electrons. The summed E-state index contributed by atoms with van der Waals surface area (Å²) in [5, 5.41) is 17.0. The van der Waals surface area contributed by atoms with Crippen LogP contribution in [0.3, 0.4) is 0 Å². The van der Waals surface area contributed by atoms with Crippen molar-refractivity contribution in [1.82, 2.24) is 34.5 Å². The number of piperidine rings is 1. The van der Waals surface area contributed by atoms with E-state index in [9.17, 15) is 29.1 Å². The Morgan fingerprint density at radius 1 is 1.02 bits per heavy atom. The average Bonchev–Trinajstić information content (AvgIpc) is 3.79. The normalized spacial score (nSPS) is 18.7. The van der Waals surface area contributed by atoms with Gasteiger partial charge in [-0.3, -0.25) is 34.2 Å². The second kappa shape index (κ2) is 15.3. The minimum absolute atomic E-state index is 0.0598. The summed E-state index contributed by atoms with van der Waals surface area (Å²) in [4.78, 5) is 80.6. The number of rotatable bonds is 14. The van der Waals surface area contributed by atoms with E-state index in [0.29, 0.717) is 53.7 Å². The molecule has 0 spiro atoms. The summed E-state index contributed by atoms with van der Waals surface area (Å²) >= 11 is 0. The highest BCUT2D eigenvalue weighted by atomic mass is 16.5. The quantitative estimate of drug-likeness (QED) is 0.0829. The number of amides is 4. The third-order valence-electron chi connectivity index (χ3n) is 11.1. The maximum absolute atomic E-state index is 13.5. The third kappa shape index (κ3) is 6.89. The van der Waals surface area contributed by atoms with Crippen molar-refractivity contribution in [2.24, 2.45) is 0 Å². The number of hydrogen-bond donors (Lipinski definition) is 3. The molecule has 2 atom stereocenters. The SMILES string of the molecule is C=CCn1c(=O)c2cnc(Nc3ccc(N(C)CCCCOc4ccc5c(c4)C(=O)N(C4CCC(=O)NC4=O)C5=O)cc3)nc2n1-c1ccc2c(n1)[C@@](O)(CC)CC2. The summed E-state index contributed by atoms with van der Waals surface area (Å²) in [6, 6.07) is 15.3. The van der Waals surface area contributed by atoms with Crippen LogP contribution >= 0.6 is 0 Å². The summed E-state index contributed by atoms with van der Waals surface area (Å²) in [6.45, 7) is 7.14. The van der Waals surface area contributed by atoms with Crippen molar-refractivity contribution in [1.29, 1.82) is 0 Å². The summed E-state index contributed by atoms with van der Waals surface area (Å²) in [5.41, 5.74) is 2.86. The Hall–Kier alpha value is -6.68. The highest BCUT2D eigenvalue weighted by molar-refractivity contribution is 6.23. The number of nitrogens with one attached hydrogen (secondary N) is 2. The molecule has 2 aromatic carbocycles. The van der Waals surface area contributed by atoms with Crippen LogP contribution in [0, 0.1) is 0 Å². The molecule has 0 bridgehead atoms. The molecule has 5 aromatic rings. The predicted octanol–water partition coefficient (Wildman–Crippen LogP) is 4.15. The number of benzene rings is 2. The molecule has 58 heavy (non-hydrogen) atoms. The average molecular weight is 786 g/mol. The van der Waals surface area contributed by atoms with Gasteiger partial charge in [-0.15, -0.1) is 6.58 Å². The molecular weight excluding hydrogens is 743 g/mol. The van der Waals surface area contributed by atoms with Crippen molar-refractivity contribution in [2.75, 3.05) is 30.4 Å². The maximum Gasteiger partial charge on any atom is 0.278 e. The Balaban J connectivity index is 0.875. The van der Waals surface area contributed by atoms with Gasteiger partial charge in [0.2, 0.25) is 17.8 Å². The number of fused-ring (bicyclic) bond motifs is 3. The minimum atomic E-state index is -1.02. The van der Waals surface area contributed by atoms with Crippen molar-refractivity contribution >= 4 is 52.0 Å². The van der Waals surface area contributed by atoms with Gasteiger partial charge in [-0.2, -0.15) is 4.98 Å². The summed E-state index contributed by atoms with van der Waals surface area (Å²) in [7, 11) is 2.00. The lowest BCUT2D eigenvalue weighted by Gasteiger charge is -2.27. The second-order valence-corrected chi connectivity index (χ2v) is 14.8. The lowest BCUT2D eigenvalue weighted by atomic mass is 9.98. The molecule has 3 aromatic heterocycles. The Kier molecular flexibility index (Phi) is 10.1. The predicted molar refractivity (Wildman–Crippen MR) is 214 cm³/mol. The fraction of sp³-hybridized carbons (Fsp3) is 0.333. The van der Waals surface area contributed by atoms with Gasteiger partial charge in [0.15, 0.2) is 11.5 Å². The lowest BCUT2D eigenvalue weighted by Crippen LogP contribution is -2.54. The number of aryl methyl sites for hydroxylation is 1. The van der Waals surface area contributed by atoms with Crippen LogP contribution in [0.1, 0.15) is 77.4 Å². The Bertz CT molecular complexity index is 2550. The zero-order valence-electron chi connectivity index (χ0n) is 32.2. The van der Waals surface area contributed by atoms with Crippen LogP contribution in [0.4, 0.5) is 17.3 Å². The molecule has 1 aliphatic carbocycles. The number of aliphatic hydroxyl groups is 1. The number of aromatic nitrogens is 5. The zero-order valence-corrected chi connectivity index (χ0v) is 32.2. The number of nitrogens with zero attached hydrogens (tertiary/aromatic N) is 7. The molecule has 1 fully saturated rings. The first-order chi connectivity index (χ1) is 28.0. The molecule has 8 rings (SSSR count). The van der Waals surface area contributed by atoms with Crippen molar-refractivity contribution < 1.29 is 29.0 Å². The van der Waals surface area contributed by atoms with Crippen LogP contribution in [0.25, 0.3) is 16.9 Å². The number of carbonyl (C=O) groups is 4. The molecular formula is C42H43N9O7. The standard InChI is InChI=1S/C42H43N9O7/c1-4-20-49-38(54)31-24-43-41(47-36(31)51(49)33-16-8-25-18-19-42(57,5-2)35(25)45-33)44-26-9-11-27(12-10-26)48(3)21-6-7-22-58-28-13-14-29-30(23-28)40(56)50(39(29)55)32-15-17-34(52)46-37(32)53/h4,8-14,16,23-24,32,57H,1,5-7,15,17-22H2,2-3H3,(H,43,44,47)(H,46,52,53)/t32?,42-/m1/s1. The molecule has 3 N–H and O–H groups in total. The number of hydrogen-bond acceptors (Lipinski definition) is 12. The van der Waals surface area contributed by atoms with E-state index < -0.39 is 35.3 Å². The molecule has 1 unspecified atom stereocenters. The van der Waals surface area contributed by atoms with Gasteiger partial charge in [0.25, 0.3) is 17.4 Å². The van der Waals surface area contributed by atoms with Crippen molar-refractivity contribution in [3.05, 3.63) is 106 Å². The van der Waals surface area contributed by atoms with Crippen molar-refractivity contribution in [3.63, 3.8) is 0 Å². The first-order valence-electron chi connectivity index (χ1n) is 19.4. The van der Waals surface area contributed by atoms with E-state index in [1.165, 1.54) is 23.0 Å². The van der Waals surface area contributed by atoms with Gasteiger partial charge in [0, 0.05) is 37.6 Å². The number of allylic oxidation sites excluding steroid dienone is 1. The molecule has 2 aliphatic heterocycles. The number of pyridine rings is 1. The smallest absolute Gasteiger partial charge is 0.278 e. The van der Waals surface area contributed by atoms with E-state index in [4.69, 9.17) is 14.7 Å². The maximum atomic E-state index is 13.5. The Labute approximate surface area is 333 Å². The first kappa shape index (κ1) is 38.2. The van der Waals surface area contributed by atoms with Crippen LogP contribution in [-0.4, -0.2) is 84.2 Å². The van der Waals surface area contributed by atoms with Crippen LogP contribution < -0.4 is 25.8 Å². The fourth-order valence-corrected chi connectivity index (χ4v) is 7.85. The van der Waals surface area contributed by atoms with Crippen LogP contribution in [0.15, 0.2) is 78.2 Å². The van der Waals surface area contributed by atoms with Gasteiger partial charge in [0.1, 0.15) is 22.8 Å². The third-order valence-corrected chi connectivity index (χ3v) is 11.1. The van der Waals surface area contributed by atoms with Crippen LogP contribution in [0.2, 0.25) is 0 Å². The van der Waals surface area contributed by atoms with Crippen molar-refractivity contribution in [2.45, 2.75) is 70.1 Å². The summed E-state index contributed by atoms with van der Waals surface area (Å²) < 4.78 is 9.10. The van der Waals surface area contributed by atoms with Gasteiger partial charge >= 0.3 is 0 Å². The van der Waals surface area contributed by atoms with Gasteiger partial charge in [-0.1, -0.05) is 19.1 Å². The van der Waals surface area contributed by atoms with E-state index in [-0.39, 0.29) is 36.1 Å². The Morgan fingerprint density at radius 2 is 1.81 bits per heavy atom. The largest absolute Gasteiger partial charge is 0.494 e. The molecule has 16 heteroatoms. The van der Waals surface area contributed by atoms with Gasteiger partial charge < -0.3 is 20.1 Å². The van der Waals surface area contributed by atoms with Gasteiger partial charge in [-0.25, -0.2) is 19.3 Å². The zero-order chi connectivity index (χ0) is 40.7. The van der Waals surface area contributed by atoms with Gasteiger partial charge in [-0.05, 0) is 92.6 Å². The van der Waals surface area contributed by atoms with Crippen LogP contribution in [-0.2, 0) is 28.2 Å². The molecule has 5 heterocycles. The molecule has 0 saturated carbocycles. The van der Waals surface area contributed by atoms with Gasteiger partial charge in [0.05, 0.1) is 30.0 Å². The molecule has 298 valence electrons. The first-order valence-corrected chi connectivity index (χ1v) is 19.4. The monoisotopic (exact) mass is 785 g/mol. The van der Waals surface area contributed by atoms with E-state index >= 15 is 0 Å². The number of ether oxygens (including phenoxy) is 1. The molecule has 1 saturated heterocycles. The molecule has 4 amide bonds. The minimum Gasteiger partial charge on any atom is -0.494 e. The number of anilines is 3. The highest BCUT2D eigenvalue weighted by Gasteiger charge is 2.45. The van der Waals surface area contributed by atoms with E-state index in [1.54, 1.807) is 16.8 Å². The highest BCUT2D eigenvalue weighted by Crippen LogP contribution is 2.38. The van der Waals surface area contributed by atoms with E-state index in [1.807, 2.05) is 50.4 Å². The van der Waals surface area contributed by atoms with Crippen LogP contribution in [0.5, 0.6) is 5.75 Å². The number of carbonyl (C=O) groups excluding carboxylic acids is 4. The summed E-state index contributed by atoms with van der Waals surface area (Å²) in [5.74, 6) is -0.969. The lowest BCUT2D eigenvalue weighted by molar-refractivity contribution is -0.136. The topological polar surface area (TPSA) is 194 Å². The molecule has 16 nitrogen and oxygen atoms in total. The summed E-state index contributed by atoms with van der Waals surface area (Å²) in [6.07, 6.45) is 6.73.